The monoisotopic (exact) mass is 220 g/mol. The Hall–Kier alpha value is -1.37. The van der Waals surface area contributed by atoms with Crippen LogP contribution >= 0.6 is 11.3 Å². The van der Waals surface area contributed by atoms with Crippen LogP contribution in [0.2, 0.25) is 0 Å². The summed E-state index contributed by atoms with van der Waals surface area (Å²) in [7, 11) is 0. The van der Waals surface area contributed by atoms with Gasteiger partial charge in [0.25, 0.3) is 0 Å². The van der Waals surface area contributed by atoms with Crippen LogP contribution in [0.4, 0.5) is 4.39 Å². The second kappa shape index (κ2) is 4.01. The van der Waals surface area contributed by atoms with Gasteiger partial charge in [0, 0.05) is 16.0 Å². The maximum absolute atomic E-state index is 12.9. The molecule has 0 aliphatic rings. The average Bonchev–Trinajstić information content (AvgIpc) is 2.60. The Bertz CT molecular complexity index is 524. The summed E-state index contributed by atoms with van der Waals surface area (Å²) in [6, 6.07) is 6.42. The molecule has 0 amide bonds. The molecule has 2 aromatic rings. The summed E-state index contributed by atoms with van der Waals surface area (Å²) in [5.41, 5.74) is 0. The first-order chi connectivity index (χ1) is 7.20. The molecule has 1 nitrogen and oxygen atoms in total. The second-order valence-corrected chi connectivity index (χ2v) is 4.37. The number of fused-ring (bicyclic) bond motifs is 1. The normalized spacial score (nSPS) is 12.6. The topological polar surface area (TPSA) is 20.2 Å². The van der Waals surface area contributed by atoms with Crippen molar-refractivity contribution in [2.75, 3.05) is 0 Å². The summed E-state index contributed by atoms with van der Waals surface area (Å²) in [5.74, 6) is 2.14. The molecule has 0 fully saturated rings. The van der Waals surface area contributed by atoms with Crippen LogP contribution in [0.15, 0.2) is 24.3 Å². The molecule has 15 heavy (non-hydrogen) atoms. The van der Waals surface area contributed by atoms with Crippen molar-refractivity contribution in [2.45, 2.75) is 12.5 Å². The summed E-state index contributed by atoms with van der Waals surface area (Å²) in [6.07, 6.45) is 4.76. The van der Waals surface area contributed by atoms with Gasteiger partial charge in [0.05, 0.1) is 6.10 Å². The molecule has 2 rings (SSSR count). The van der Waals surface area contributed by atoms with Gasteiger partial charge in [0.1, 0.15) is 5.82 Å². The van der Waals surface area contributed by atoms with Crippen molar-refractivity contribution >= 4 is 21.4 Å². The Morgan fingerprint density at radius 3 is 3.00 bits per heavy atom. The van der Waals surface area contributed by atoms with E-state index in [1.165, 1.54) is 23.5 Å². The lowest BCUT2D eigenvalue weighted by Gasteiger charge is -2.01. The zero-order chi connectivity index (χ0) is 10.8. The van der Waals surface area contributed by atoms with Crippen molar-refractivity contribution in [1.82, 2.24) is 0 Å². The smallest absolute Gasteiger partial charge is 0.124 e. The highest BCUT2D eigenvalue weighted by molar-refractivity contribution is 7.19. The molecule has 1 aromatic heterocycles. The number of thiophene rings is 1. The minimum atomic E-state index is -0.643. The average molecular weight is 220 g/mol. The highest BCUT2D eigenvalue weighted by Gasteiger charge is 2.10. The van der Waals surface area contributed by atoms with E-state index in [4.69, 9.17) is 6.42 Å². The fourth-order valence-corrected chi connectivity index (χ4v) is 2.48. The number of rotatable bonds is 2. The van der Waals surface area contributed by atoms with Gasteiger partial charge < -0.3 is 5.11 Å². The van der Waals surface area contributed by atoms with E-state index in [9.17, 15) is 9.50 Å². The minimum Gasteiger partial charge on any atom is -0.387 e. The van der Waals surface area contributed by atoms with Crippen LogP contribution < -0.4 is 0 Å². The van der Waals surface area contributed by atoms with Gasteiger partial charge in [-0.15, -0.1) is 23.7 Å². The molecule has 0 radical (unpaired) electrons. The third kappa shape index (κ3) is 2.01. The molecular formula is C12H9FOS. The summed E-state index contributed by atoms with van der Waals surface area (Å²) >= 11 is 1.37. The van der Waals surface area contributed by atoms with Crippen LogP contribution in [0, 0.1) is 18.2 Å². The molecule has 76 valence electrons. The molecule has 0 saturated carbocycles. The fraction of sp³-hybridized carbons (Fsp3) is 0.167. The number of halogens is 1. The molecular weight excluding hydrogens is 211 g/mol. The largest absolute Gasteiger partial charge is 0.387 e. The van der Waals surface area contributed by atoms with E-state index in [0.717, 1.165) is 15.0 Å². The first-order valence-electron chi connectivity index (χ1n) is 4.51. The van der Waals surface area contributed by atoms with Gasteiger partial charge in [-0.2, -0.15) is 0 Å². The lowest BCUT2D eigenvalue weighted by atomic mass is 10.2. The predicted octanol–water partition coefficient (Wildman–Crippen LogP) is 3.10. The highest BCUT2D eigenvalue weighted by atomic mass is 32.1. The standard InChI is InChI=1S/C12H9FOS/c1-2-3-10(14)12-6-8-4-5-9(13)7-11(8)15-12/h1,4-7,10,14H,3H2. The molecule has 1 heterocycles. The Morgan fingerprint density at radius 2 is 2.27 bits per heavy atom. The quantitative estimate of drug-likeness (QED) is 0.771. The Morgan fingerprint density at radius 1 is 1.47 bits per heavy atom. The predicted molar refractivity (Wildman–Crippen MR) is 60.2 cm³/mol. The first kappa shape index (κ1) is 10.2. The van der Waals surface area contributed by atoms with Crippen LogP contribution in [0.5, 0.6) is 0 Å². The minimum absolute atomic E-state index is 0.262. The molecule has 1 aromatic carbocycles. The third-order valence-electron chi connectivity index (χ3n) is 2.14. The second-order valence-electron chi connectivity index (χ2n) is 3.25. The van der Waals surface area contributed by atoms with E-state index >= 15 is 0 Å². The van der Waals surface area contributed by atoms with Gasteiger partial charge in [-0.25, -0.2) is 4.39 Å². The van der Waals surface area contributed by atoms with E-state index in [2.05, 4.69) is 5.92 Å². The van der Waals surface area contributed by atoms with E-state index in [0.29, 0.717) is 0 Å². The molecule has 0 aliphatic carbocycles. The number of hydrogen-bond acceptors (Lipinski definition) is 2. The molecule has 1 atom stereocenters. The number of hydrogen-bond donors (Lipinski definition) is 1. The number of benzene rings is 1. The number of terminal acetylenes is 1. The van der Waals surface area contributed by atoms with Gasteiger partial charge >= 0.3 is 0 Å². The van der Waals surface area contributed by atoms with Crippen LogP contribution in [0.25, 0.3) is 10.1 Å². The Balaban J connectivity index is 2.43. The van der Waals surface area contributed by atoms with Gasteiger partial charge in [0.15, 0.2) is 0 Å². The summed E-state index contributed by atoms with van der Waals surface area (Å²) in [6.45, 7) is 0. The summed E-state index contributed by atoms with van der Waals surface area (Å²) in [5, 5.41) is 10.6. The van der Waals surface area contributed by atoms with Crippen LogP contribution in [-0.4, -0.2) is 5.11 Å². The van der Waals surface area contributed by atoms with Crippen molar-refractivity contribution in [3.05, 3.63) is 35.0 Å². The van der Waals surface area contributed by atoms with Crippen molar-refractivity contribution in [2.24, 2.45) is 0 Å². The SMILES string of the molecule is C#CCC(O)c1cc2ccc(F)cc2s1. The molecule has 1 unspecified atom stereocenters. The van der Waals surface area contributed by atoms with Gasteiger partial charge in [-0.1, -0.05) is 6.07 Å². The van der Waals surface area contributed by atoms with Gasteiger partial charge in [-0.05, 0) is 23.6 Å². The lowest BCUT2D eigenvalue weighted by Crippen LogP contribution is -1.90. The molecule has 0 spiro atoms. The van der Waals surface area contributed by atoms with Gasteiger partial charge in [-0.3, -0.25) is 0 Å². The van der Waals surface area contributed by atoms with Crippen molar-refractivity contribution < 1.29 is 9.50 Å². The third-order valence-corrected chi connectivity index (χ3v) is 3.34. The molecule has 0 aliphatic heterocycles. The Labute approximate surface area is 91.2 Å². The van der Waals surface area contributed by atoms with E-state index in [-0.39, 0.29) is 12.2 Å². The summed E-state index contributed by atoms with van der Waals surface area (Å²) in [4.78, 5) is 0.786. The van der Waals surface area contributed by atoms with E-state index < -0.39 is 6.10 Å². The van der Waals surface area contributed by atoms with E-state index in [1.54, 1.807) is 6.07 Å². The van der Waals surface area contributed by atoms with E-state index in [1.807, 2.05) is 6.07 Å². The van der Waals surface area contributed by atoms with Crippen LogP contribution in [0.3, 0.4) is 0 Å². The first-order valence-corrected chi connectivity index (χ1v) is 5.33. The fourth-order valence-electron chi connectivity index (χ4n) is 1.40. The van der Waals surface area contributed by atoms with Crippen molar-refractivity contribution in [3.63, 3.8) is 0 Å². The van der Waals surface area contributed by atoms with Crippen LogP contribution in [-0.2, 0) is 0 Å². The maximum atomic E-state index is 12.9. The molecule has 0 bridgehead atoms. The molecule has 0 saturated heterocycles. The molecule has 3 heteroatoms. The van der Waals surface area contributed by atoms with Crippen molar-refractivity contribution in [3.8, 4) is 12.3 Å². The van der Waals surface area contributed by atoms with Crippen LogP contribution in [0.1, 0.15) is 17.4 Å². The van der Waals surface area contributed by atoms with Crippen molar-refractivity contribution in [1.29, 1.82) is 0 Å². The molecule has 1 N–H and O–H groups in total. The number of aliphatic hydroxyl groups is 1. The maximum Gasteiger partial charge on any atom is 0.124 e. The zero-order valence-electron chi connectivity index (χ0n) is 7.90. The highest BCUT2D eigenvalue weighted by Crippen LogP contribution is 2.31. The zero-order valence-corrected chi connectivity index (χ0v) is 8.72. The Kier molecular flexibility index (Phi) is 2.72. The lowest BCUT2D eigenvalue weighted by molar-refractivity contribution is 0.188. The van der Waals surface area contributed by atoms with Gasteiger partial charge in [0.2, 0.25) is 0 Å². The number of aliphatic hydroxyl groups excluding tert-OH is 1. The summed E-state index contributed by atoms with van der Waals surface area (Å²) < 4.78 is 13.7.